The molecular formula is C4H2N4OS. The van der Waals surface area contributed by atoms with E-state index in [0.29, 0.717) is 11.2 Å². The van der Waals surface area contributed by atoms with E-state index in [0.717, 1.165) is 11.7 Å². The van der Waals surface area contributed by atoms with Crippen LogP contribution in [0.4, 0.5) is 0 Å². The van der Waals surface area contributed by atoms with Gasteiger partial charge in [-0.1, -0.05) is 0 Å². The molecule has 0 atom stereocenters. The van der Waals surface area contributed by atoms with Crippen LogP contribution >= 0.6 is 11.7 Å². The van der Waals surface area contributed by atoms with Gasteiger partial charge < -0.3 is 4.98 Å². The second-order valence-corrected chi connectivity index (χ2v) is 2.20. The van der Waals surface area contributed by atoms with Crippen LogP contribution in [-0.4, -0.2) is 18.7 Å². The van der Waals surface area contributed by atoms with Gasteiger partial charge in [-0.15, -0.1) is 0 Å². The molecule has 0 fully saturated rings. The average molecular weight is 154 g/mol. The molecule has 0 saturated carbocycles. The normalized spacial score (nSPS) is 10.4. The molecule has 2 rings (SSSR count). The van der Waals surface area contributed by atoms with Gasteiger partial charge in [0.25, 0.3) is 5.56 Å². The van der Waals surface area contributed by atoms with Crippen LogP contribution in [0.1, 0.15) is 0 Å². The molecule has 0 aliphatic carbocycles. The minimum atomic E-state index is -0.237. The standard InChI is InChI=1S/C4H2N4OS/c9-4-2-3(5-1-6-4)8-10-7-2/h1H,(H,5,6,8,9). The number of nitrogens with one attached hydrogen (secondary N) is 1. The summed E-state index contributed by atoms with van der Waals surface area (Å²) in [5.74, 6) is 0. The lowest BCUT2D eigenvalue weighted by atomic mass is 10.6. The lowest BCUT2D eigenvalue weighted by Gasteiger charge is -1.79. The Kier molecular flexibility index (Phi) is 1.01. The molecule has 50 valence electrons. The molecule has 2 aromatic rings. The third kappa shape index (κ3) is 0.623. The van der Waals surface area contributed by atoms with Crippen molar-refractivity contribution in [3.05, 3.63) is 16.7 Å². The van der Waals surface area contributed by atoms with Crippen LogP contribution in [0.15, 0.2) is 11.1 Å². The zero-order chi connectivity index (χ0) is 6.97. The molecular weight excluding hydrogens is 152 g/mol. The molecule has 5 nitrogen and oxygen atoms in total. The fourth-order valence-corrected chi connectivity index (χ4v) is 1.13. The van der Waals surface area contributed by atoms with E-state index in [1.54, 1.807) is 0 Å². The van der Waals surface area contributed by atoms with Gasteiger partial charge in [0.15, 0.2) is 11.2 Å². The van der Waals surface area contributed by atoms with Gasteiger partial charge in [0.2, 0.25) is 0 Å². The third-order valence-electron chi connectivity index (χ3n) is 1.07. The number of aromatic nitrogens is 4. The molecule has 0 aliphatic heterocycles. The van der Waals surface area contributed by atoms with Gasteiger partial charge in [-0.3, -0.25) is 4.79 Å². The number of nitrogens with zero attached hydrogens (tertiary/aromatic N) is 3. The minimum Gasteiger partial charge on any atom is -0.311 e. The van der Waals surface area contributed by atoms with Crippen molar-refractivity contribution >= 4 is 22.9 Å². The molecule has 0 spiro atoms. The van der Waals surface area contributed by atoms with Gasteiger partial charge in [-0.25, -0.2) is 4.98 Å². The molecule has 0 aliphatic rings. The fourth-order valence-electron chi connectivity index (χ4n) is 0.632. The highest BCUT2D eigenvalue weighted by atomic mass is 32.1. The maximum atomic E-state index is 10.8. The van der Waals surface area contributed by atoms with Crippen molar-refractivity contribution in [2.45, 2.75) is 0 Å². The predicted octanol–water partition coefficient (Wildman–Crippen LogP) is -0.225. The number of fused-ring (bicyclic) bond motifs is 1. The van der Waals surface area contributed by atoms with Crippen LogP contribution in [-0.2, 0) is 0 Å². The van der Waals surface area contributed by atoms with Gasteiger partial charge in [0.05, 0.1) is 18.1 Å². The molecule has 1 N–H and O–H groups in total. The first-order valence-electron chi connectivity index (χ1n) is 2.54. The van der Waals surface area contributed by atoms with Crippen LogP contribution in [0.2, 0.25) is 0 Å². The maximum Gasteiger partial charge on any atom is 0.280 e. The van der Waals surface area contributed by atoms with Gasteiger partial charge >= 0.3 is 0 Å². The highest BCUT2D eigenvalue weighted by Crippen LogP contribution is 1.98. The number of aromatic amines is 1. The average Bonchev–Trinajstić information content (AvgIpc) is 2.36. The summed E-state index contributed by atoms with van der Waals surface area (Å²) in [7, 11) is 0. The molecule has 0 unspecified atom stereocenters. The molecule has 0 saturated heterocycles. The van der Waals surface area contributed by atoms with E-state index in [4.69, 9.17) is 0 Å². The van der Waals surface area contributed by atoms with E-state index in [2.05, 4.69) is 18.7 Å². The largest absolute Gasteiger partial charge is 0.311 e. The second kappa shape index (κ2) is 1.84. The van der Waals surface area contributed by atoms with Crippen molar-refractivity contribution in [1.29, 1.82) is 0 Å². The number of H-pyrrole nitrogens is 1. The van der Waals surface area contributed by atoms with E-state index < -0.39 is 0 Å². The Bertz CT molecular complexity index is 405. The van der Waals surface area contributed by atoms with E-state index in [-0.39, 0.29) is 5.56 Å². The Balaban J connectivity index is 3.09. The van der Waals surface area contributed by atoms with Crippen molar-refractivity contribution < 1.29 is 0 Å². The molecule has 0 aromatic carbocycles. The molecule has 0 radical (unpaired) electrons. The zero-order valence-electron chi connectivity index (χ0n) is 4.74. The first-order valence-corrected chi connectivity index (χ1v) is 3.27. The quantitative estimate of drug-likeness (QED) is 0.569. The number of rotatable bonds is 0. The smallest absolute Gasteiger partial charge is 0.280 e. The predicted molar refractivity (Wildman–Crippen MR) is 35.8 cm³/mol. The third-order valence-corrected chi connectivity index (χ3v) is 1.59. The molecule has 0 bridgehead atoms. The van der Waals surface area contributed by atoms with Crippen LogP contribution in [0.3, 0.4) is 0 Å². The van der Waals surface area contributed by atoms with Gasteiger partial charge in [-0.05, 0) is 0 Å². The topological polar surface area (TPSA) is 71.5 Å². The summed E-state index contributed by atoms with van der Waals surface area (Å²) >= 11 is 0.985. The van der Waals surface area contributed by atoms with Gasteiger partial charge in [-0.2, -0.15) is 8.75 Å². The monoisotopic (exact) mass is 154 g/mol. The maximum absolute atomic E-state index is 10.8. The SMILES string of the molecule is O=c1[nH]cnc2nsnc12. The molecule has 2 aromatic heterocycles. The Morgan fingerprint density at radius 1 is 1.50 bits per heavy atom. The van der Waals surface area contributed by atoms with E-state index in [9.17, 15) is 4.79 Å². The van der Waals surface area contributed by atoms with Crippen molar-refractivity contribution in [1.82, 2.24) is 18.7 Å². The first-order chi connectivity index (χ1) is 4.88. The Morgan fingerprint density at radius 2 is 2.40 bits per heavy atom. The summed E-state index contributed by atoms with van der Waals surface area (Å²) in [6.45, 7) is 0. The summed E-state index contributed by atoms with van der Waals surface area (Å²) in [6, 6.07) is 0. The van der Waals surface area contributed by atoms with Gasteiger partial charge in [0.1, 0.15) is 0 Å². The fraction of sp³-hybridized carbons (Fsp3) is 0. The Morgan fingerprint density at radius 3 is 3.20 bits per heavy atom. The minimum absolute atomic E-state index is 0.237. The molecule has 0 amide bonds. The van der Waals surface area contributed by atoms with Crippen molar-refractivity contribution in [2.75, 3.05) is 0 Å². The van der Waals surface area contributed by atoms with Crippen molar-refractivity contribution in [3.8, 4) is 0 Å². The molecule has 6 heteroatoms. The first kappa shape index (κ1) is 5.48. The summed E-state index contributed by atoms with van der Waals surface area (Å²) in [4.78, 5) is 17.0. The van der Waals surface area contributed by atoms with E-state index in [1.165, 1.54) is 6.33 Å². The summed E-state index contributed by atoms with van der Waals surface area (Å²) in [5.41, 5.74) is 0.486. The van der Waals surface area contributed by atoms with Crippen LogP contribution in [0, 0.1) is 0 Å². The Labute approximate surface area is 59.1 Å². The number of hydrogen-bond donors (Lipinski definition) is 1. The Hall–Kier alpha value is -1.30. The van der Waals surface area contributed by atoms with Crippen LogP contribution in [0.5, 0.6) is 0 Å². The molecule has 10 heavy (non-hydrogen) atoms. The highest BCUT2D eigenvalue weighted by Gasteiger charge is 2.00. The van der Waals surface area contributed by atoms with Crippen LogP contribution in [0.25, 0.3) is 11.2 Å². The lowest BCUT2D eigenvalue weighted by Crippen LogP contribution is -2.05. The summed E-state index contributed by atoms with van der Waals surface area (Å²) < 4.78 is 7.52. The van der Waals surface area contributed by atoms with Crippen molar-refractivity contribution in [2.24, 2.45) is 0 Å². The summed E-state index contributed by atoms with van der Waals surface area (Å²) in [5, 5.41) is 0. The van der Waals surface area contributed by atoms with E-state index >= 15 is 0 Å². The van der Waals surface area contributed by atoms with E-state index in [1.807, 2.05) is 0 Å². The lowest BCUT2D eigenvalue weighted by molar-refractivity contribution is 1.15. The van der Waals surface area contributed by atoms with Gasteiger partial charge in [0, 0.05) is 0 Å². The second-order valence-electron chi connectivity index (χ2n) is 1.67. The highest BCUT2D eigenvalue weighted by molar-refractivity contribution is 7.00. The number of hydrogen-bond acceptors (Lipinski definition) is 5. The van der Waals surface area contributed by atoms with Crippen LogP contribution < -0.4 is 5.56 Å². The van der Waals surface area contributed by atoms with Crippen molar-refractivity contribution in [3.63, 3.8) is 0 Å². The zero-order valence-corrected chi connectivity index (χ0v) is 5.55. The summed E-state index contributed by atoms with van der Waals surface area (Å²) in [6.07, 6.45) is 1.31. The molecule has 2 heterocycles.